The van der Waals surface area contributed by atoms with Crippen LogP contribution in [0.2, 0.25) is 0 Å². The number of halogens is 1. The zero-order chi connectivity index (χ0) is 15.8. The molecule has 2 N–H and O–H groups in total. The first-order valence-corrected chi connectivity index (χ1v) is 9.56. The summed E-state index contributed by atoms with van der Waals surface area (Å²) in [7, 11) is 0. The van der Waals surface area contributed by atoms with Crippen LogP contribution in [0.3, 0.4) is 0 Å². The molecular weight excluding hydrogens is 421 g/mol. The number of aryl methyl sites for hydroxylation is 1. The molecule has 0 aliphatic heterocycles. The summed E-state index contributed by atoms with van der Waals surface area (Å²) in [5.74, 6) is 0.943. The van der Waals surface area contributed by atoms with E-state index in [1.165, 1.54) is 31.2 Å². The number of aromatic nitrogens is 2. The Bertz CT molecular complexity index is 477. The van der Waals surface area contributed by atoms with Crippen molar-refractivity contribution >= 4 is 41.7 Å². The minimum atomic E-state index is 0. The molecule has 2 rings (SSSR count). The molecule has 1 aromatic heterocycles. The third-order valence-corrected chi connectivity index (χ3v) is 5.10. The second-order valence-electron chi connectivity index (χ2n) is 5.91. The van der Waals surface area contributed by atoms with Crippen LogP contribution in [0.15, 0.2) is 17.4 Å². The summed E-state index contributed by atoms with van der Waals surface area (Å²) < 4.78 is 1.95. The van der Waals surface area contributed by atoms with Crippen molar-refractivity contribution in [2.45, 2.75) is 57.4 Å². The van der Waals surface area contributed by atoms with E-state index in [-0.39, 0.29) is 24.0 Å². The van der Waals surface area contributed by atoms with Crippen molar-refractivity contribution in [3.63, 3.8) is 0 Å². The predicted octanol–water partition coefficient (Wildman–Crippen LogP) is 3.04. The van der Waals surface area contributed by atoms with Crippen LogP contribution in [0.4, 0.5) is 0 Å². The fraction of sp³-hybridized carbons (Fsp3) is 0.750. The lowest BCUT2D eigenvalue weighted by Gasteiger charge is -2.29. The summed E-state index contributed by atoms with van der Waals surface area (Å²) in [6.07, 6.45) is 11.3. The van der Waals surface area contributed by atoms with Gasteiger partial charge >= 0.3 is 0 Å². The molecule has 132 valence electrons. The largest absolute Gasteiger partial charge is 0.357 e. The van der Waals surface area contributed by atoms with Gasteiger partial charge in [-0.05, 0) is 44.9 Å². The van der Waals surface area contributed by atoms with E-state index in [2.05, 4.69) is 47.0 Å². The van der Waals surface area contributed by atoms with Crippen molar-refractivity contribution in [2.75, 3.05) is 19.3 Å². The maximum absolute atomic E-state index is 4.69. The maximum atomic E-state index is 4.69. The van der Waals surface area contributed by atoms with Gasteiger partial charge in [0.15, 0.2) is 5.96 Å². The van der Waals surface area contributed by atoms with Crippen LogP contribution in [-0.4, -0.2) is 46.4 Å². The molecule has 1 fully saturated rings. The highest BCUT2D eigenvalue weighted by atomic mass is 127. The highest BCUT2D eigenvalue weighted by molar-refractivity contribution is 14.0. The van der Waals surface area contributed by atoms with E-state index < -0.39 is 0 Å². The Kier molecular flexibility index (Phi) is 10.0. The van der Waals surface area contributed by atoms with Gasteiger partial charge in [0.05, 0.1) is 19.3 Å². The third-order valence-electron chi connectivity index (χ3n) is 4.01. The van der Waals surface area contributed by atoms with Gasteiger partial charge in [0.25, 0.3) is 0 Å². The van der Waals surface area contributed by atoms with Crippen molar-refractivity contribution in [1.29, 1.82) is 0 Å². The molecule has 1 saturated carbocycles. The first kappa shape index (κ1) is 20.6. The summed E-state index contributed by atoms with van der Waals surface area (Å²) in [5.41, 5.74) is 1.19. The Morgan fingerprint density at radius 2 is 2.30 bits per heavy atom. The van der Waals surface area contributed by atoms with Gasteiger partial charge in [0, 0.05) is 24.0 Å². The van der Waals surface area contributed by atoms with Gasteiger partial charge < -0.3 is 10.6 Å². The van der Waals surface area contributed by atoms with E-state index in [0.29, 0.717) is 6.04 Å². The molecule has 0 aromatic carbocycles. The Morgan fingerprint density at radius 3 is 2.96 bits per heavy atom. The van der Waals surface area contributed by atoms with E-state index in [1.54, 1.807) is 0 Å². The Labute approximate surface area is 161 Å². The quantitative estimate of drug-likeness (QED) is 0.397. The molecule has 23 heavy (non-hydrogen) atoms. The standard InChI is InChI=1S/C16H29N5S.HI/c1-4-17-16(18-8-9-21-12-13(2)11-19-21)20-14-6-5-7-15(10-14)22-3;/h11-12,14-15H,4-10H2,1-3H3,(H2,17,18,20);1H. The fourth-order valence-electron chi connectivity index (χ4n) is 2.86. The highest BCUT2D eigenvalue weighted by Gasteiger charge is 2.21. The van der Waals surface area contributed by atoms with Gasteiger partial charge in [0.1, 0.15) is 0 Å². The lowest BCUT2D eigenvalue weighted by Crippen LogP contribution is -2.45. The van der Waals surface area contributed by atoms with Crippen molar-refractivity contribution in [3.8, 4) is 0 Å². The first-order valence-electron chi connectivity index (χ1n) is 8.28. The normalized spacial score (nSPS) is 21.6. The SMILES string of the molecule is CCNC(=NCCn1cc(C)cn1)NC1CCCC(SC)C1.I. The minimum absolute atomic E-state index is 0. The zero-order valence-corrected chi connectivity index (χ0v) is 17.6. The first-order chi connectivity index (χ1) is 10.7. The summed E-state index contributed by atoms with van der Waals surface area (Å²) in [4.78, 5) is 4.69. The van der Waals surface area contributed by atoms with Crippen molar-refractivity contribution < 1.29 is 0 Å². The average Bonchev–Trinajstić information content (AvgIpc) is 2.93. The summed E-state index contributed by atoms with van der Waals surface area (Å²) in [5, 5.41) is 12.1. The number of nitrogens with one attached hydrogen (secondary N) is 2. The van der Waals surface area contributed by atoms with Crippen LogP contribution in [0.1, 0.15) is 38.2 Å². The molecule has 0 bridgehead atoms. The molecule has 1 aromatic rings. The Balaban J connectivity index is 0.00000264. The molecule has 0 saturated heterocycles. The van der Waals surface area contributed by atoms with Crippen LogP contribution in [0, 0.1) is 6.92 Å². The Hall–Kier alpha value is -0.440. The summed E-state index contributed by atoms with van der Waals surface area (Å²) in [6.45, 7) is 6.63. The van der Waals surface area contributed by atoms with Gasteiger partial charge in [0.2, 0.25) is 0 Å². The van der Waals surface area contributed by atoms with Crippen molar-refractivity contribution in [1.82, 2.24) is 20.4 Å². The van der Waals surface area contributed by atoms with Crippen LogP contribution in [-0.2, 0) is 6.54 Å². The predicted molar refractivity (Wildman–Crippen MR) is 111 cm³/mol. The monoisotopic (exact) mass is 451 g/mol. The van der Waals surface area contributed by atoms with Gasteiger partial charge in [-0.1, -0.05) is 6.42 Å². The second kappa shape index (κ2) is 11.2. The molecule has 2 atom stereocenters. The lowest BCUT2D eigenvalue weighted by molar-refractivity contribution is 0.419. The fourth-order valence-corrected chi connectivity index (χ4v) is 3.68. The molecule has 1 aliphatic carbocycles. The van der Waals surface area contributed by atoms with E-state index >= 15 is 0 Å². The van der Waals surface area contributed by atoms with Gasteiger partial charge in [-0.25, -0.2) is 0 Å². The lowest BCUT2D eigenvalue weighted by atomic mass is 9.95. The van der Waals surface area contributed by atoms with Crippen molar-refractivity contribution in [2.24, 2.45) is 4.99 Å². The van der Waals surface area contributed by atoms with Crippen LogP contribution in [0.25, 0.3) is 0 Å². The Morgan fingerprint density at radius 1 is 1.48 bits per heavy atom. The van der Waals surface area contributed by atoms with Crippen LogP contribution >= 0.6 is 35.7 Å². The third kappa shape index (κ3) is 7.32. The van der Waals surface area contributed by atoms with Crippen molar-refractivity contribution in [3.05, 3.63) is 18.0 Å². The minimum Gasteiger partial charge on any atom is -0.357 e. The number of nitrogens with zero attached hydrogens (tertiary/aromatic N) is 3. The van der Waals surface area contributed by atoms with E-state index in [4.69, 9.17) is 0 Å². The molecule has 2 unspecified atom stereocenters. The van der Waals surface area contributed by atoms with E-state index in [0.717, 1.165) is 30.8 Å². The molecule has 7 heteroatoms. The van der Waals surface area contributed by atoms with Gasteiger partial charge in [-0.2, -0.15) is 16.9 Å². The van der Waals surface area contributed by atoms with Gasteiger partial charge in [-0.3, -0.25) is 9.67 Å². The second-order valence-corrected chi connectivity index (χ2v) is 7.05. The molecule has 5 nitrogen and oxygen atoms in total. The summed E-state index contributed by atoms with van der Waals surface area (Å²) >= 11 is 2.00. The maximum Gasteiger partial charge on any atom is 0.191 e. The van der Waals surface area contributed by atoms with Gasteiger partial charge in [-0.15, -0.1) is 24.0 Å². The molecular formula is C16H30IN5S. The number of rotatable bonds is 6. The van der Waals surface area contributed by atoms with Crippen LogP contribution in [0.5, 0.6) is 0 Å². The van der Waals surface area contributed by atoms with E-state index in [9.17, 15) is 0 Å². The van der Waals surface area contributed by atoms with E-state index in [1.807, 2.05) is 22.6 Å². The summed E-state index contributed by atoms with van der Waals surface area (Å²) in [6, 6.07) is 0.552. The highest BCUT2D eigenvalue weighted by Crippen LogP contribution is 2.26. The zero-order valence-electron chi connectivity index (χ0n) is 14.4. The molecule has 1 aliphatic rings. The molecule has 0 radical (unpaired) electrons. The van der Waals surface area contributed by atoms with Crippen LogP contribution < -0.4 is 10.6 Å². The number of hydrogen-bond acceptors (Lipinski definition) is 3. The number of guanidine groups is 1. The molecule has 1 heterocycles. The number of aliphatic imine (C=N–C) groups is 1. The number of thioether (sulfide) groups is 1. The number of hydrogen-bond donors (Lipinski definition) is 2. The average molecular weight is 451 g/mol. The molecule has 0 amide bonds. The molecule has 0 spiro atoms. The smallest absolute Gasteiger partial charge is 0.191 e. The topological polar surface area (TPSA) is 54.2 Å².